The molecule has 0 saturated heterocycles. The van der Waals surface area contributed by atoms with Crippen LogP contribution in [0.3, 0.4) is 0 Å². The molecule has 1 heterocycles. The monoisotopic (exact) mass is 275 g/mol. The molecule has 0 atom stereocenters. The van der Waals surface area contributed by atoms with E-state index in [0.29, 0.717) is 12.1 Å². The maximum absolute atomic E-state index is 12.0. The van der Waals surface area contributed by atoms with E-state index in [9.17, 15) is 8.42 Å². The van der Waals surface area contributed by atoms with Crippen molar-refractivity contribution in [2.75, 3.05) is 6.54 Å². The standard InChI is InChI=1S/C11H17NO3S2/c1-2-11(3-4-11)8-12-17(14,15)10-5-9(6-13)7-16-10/h5,7,12-13H,2-4,6,8H2,1H3. The fraction of sp³-hybridized carbons (Fsp3) is 0.636. The van der Waals surface area contributed by atoms with Gasteiger partial charge in [-0.1, -0.05) is 6.92 Å². The van der Waals surface area contributed by atoms with E-state index in [4.69, 9.17) is 5.11 Å². The number of hydrogen-bond acceptors (Lipinski definition) is 4. The number of aliphatic hydroxyl groups excluding tert-OH is 1. The van der Waals surface area contributed by atoms with Gasteiger partial charge >= 0.3 is 0 Å². The molecule has 0 unspecified atom stereocenters. The van der Waals surface area contributed by atoms with E-state index in [1.54, 1.807) is 5.38 Å². The highest BCUT2D eigenvalue weighted by molar-refractivity contribution is 7.91. The summed E-state index contributed by atoms with van der Waals surface area (Å²) in [6.07, 6.45) is 3.23. The van der Waals surface area contributed by atoms with Crippen molar-refractivity contribution < 1.29 is 13.5 Å². The maximum atomic E-state index is 12.0. The minimum absolute atomic E-state index is 0.120. The molecule has 0 aliphatic heterocycles. The molecular formula is C11H17NO3S2. The Morgan fingerprint density at radius 1 is 1.53 bits per heavy atom. The van der Waals surface area contributed by atoms with Gasteiger partial charge in [-0.15, -0.1) is 11.3 Å². The Labute approximate surface area is 106 Å². The van der Waals surface area contributed by atoms with Crippen molar-refractivity contribution in [3.8, 4) is 0 Å². The van der Waals surface area contributed by atoms with Crippen LogP contribution in [0.2, 0.25) is 0 Å². The molecule has 1 aromatic heterocycles. The lowest BCUT2D eigenvalue weighted by molar-refractivity contribution is 0.282. The quantitative estimate of drug-likeness (QED) is 0.830. The summed E-state index contributed by atoms with van der Waals surface area (Å²) in [5.41, 5.74) is 0.844. The highest BCUT2D eigenvalue weighted by atomic mass is 32.2. The maximum Gasteiger partial charge on any atom is 0.250 e. The molecule has 2 N–H and O–H groups in total. The average molecular weight is 275 g/mol. The summed E-state index contributed by atoms with van der Waals surface area (Å²) in [4.78, 5) is 0. The van der Waals surface area contributed by atoms with Crippen LogP contribution in [0.4, 0.5) is 0 Å². The third kappa shape index (κ3) is 2.88. The van der Waals surface area contributed by atoms with Gasteiger partial charge in [-0.3, -0.25) is 0 Å². The Bertz CT molecular complexity index is 489. The summed E-state index contributed by atoms with van der Waals surface area (Å²) >= 11 is 1.15. The van der Waals surface area contributed by atoms with Crippen molar-refractivity contribution in [2.45, 2.75) is 37.0 Å². The van der Waals surface area contributed by atoms with Crippen molar-refractivity contribution in [1.29, 1.82) is 0 Å². The third-order valence-electron chi connectivity index (χ3n) is 3.42. The summed E-state index contributed by atoms with van der Waals surface area (Å²) in [6.45, 7) is 2.50. The lowest BCUT2D eigenvalue weighted by Crippen LogP contribution is -2.29. The summed E-state index contributed by atoms with van der Waals surface area (Å²) in [6, 6.07) is 1.53. The van der Waals surface area contributed by atoms with Crippen LogP contribution in [0.25, 0.3) is 0 Å². The number of rotatable bonds is 6. The van der Waals surface area contributed by atoms with Crippen LogP contribution in [0.15, 0.2) is 15.7 Å². The second-order valence-electron chi connectivity index (χ2n) is 4.61. The molecule has 0 radical (unpaired) electrons. The smallest absolute Gasteiger partial charge is 0.250 e. The zero-order valence-corrected chi connectivity index (χ0v) is 11.4. The molecule has 0 spiro atoms. The molecule has 6 heteroatoms. The Hall–Kier alpha value is -0.430. The van der Waals surface area contributed by atoms with Crippen molar-refractivity contribution >= 4 is 21.4 Å². The van der Waals surface area contributed by atoms with Gasteiger partial charge in [0.25, 0.3) is 0 Å². The van der Waals surface area contributed by atoms with Gasteiger partial charge in [0.05, 0.1) is 6.61 Å². The lowest BCUT2D eigenvalue weighted by Gasteiger charge is -2.12. The molecule has 1 saturated carbocycles. The van der Waals surface area contributed by atoms with Crippen LogP contribution in [-0.4, -0.2) is 20.1 Å². The van der Waals surface area contributed by atoms with Crippen molar-refractivity contribution in [2.24, 2.45) is 5.41 Å². The Kier molecular flexibility index (Phi) is 3.58. The molecule has 1 aromatic rings. The van der Waals surface area contributed by atoms with Gasteiger partial charge in [0.1, 0.15) is 4.21 Å². The summed E-state index contributed by atoms with van der Waals surface area (Å²) in [7, 11) is -3.40. The van der Waals surface area contributed by atoms with Crippen LogP contribution in [0.1, 0.15) is 31.7 Å². The van der Waals surface area contributed by atoms with E-state index in [0.717, 1.165) is 30.6 Å². The van der Waals surface area contributed by atoms with Crippen LogP contribution in [0.5, 0.6) is 0 Å². The largest absolute Gasteiger partial charge is 0.392 e. The summed E-state index contributed by atoms with van der Waals surface area (Å²) < 4.78 is 26.9. The molecule has 1 aliphatic carbocycles. The van der Waals surface area contributed by atoms with Gasteiger partial charge in [-0.25, -0.2) is 13.1 Å². The minimum Gasteiger partial charge on any atom is -0.392 e. The predicted molar refractivity (Wildman–Crippen MR) is 67.4 cm³/mol. The number of hydrogen-bond donors (Lipinski definition) is 2. The number of nitrogens with one attached hydrogen (secondary N) is 1. The zero-order chi connectivity index (χ0) is 12.5. The van der Waals surface area contributed by atoms with Crippen LogP contribution < -0.4 is 4.72 Å². The van der Waals surface area contributed by atoms with Crippen LogP contribution in [-0.2, 0) is 16.6 Å². The van der Waals surface area contributed by atoms with Gasteiger partial charge in [0.15, 0.2) is 0 Å². The molecule has 4 nitrogen and oxygen atoms in total. The number of aliphatic hydroxyl groups is 1. The summed E-state index contributed by atoms with van der Waals surface area (Å²) in [5, 5.41) is 10.6. The van der Waals surface area contributed by atoms with E-state index in [-0.39, 0.29) is 16.2 Å². The van der Waals surface area contributed by atoms with Gasteiger partial charge in [0.2, 0.25) is 10.0 Å². The minimum atomic E-state index is -3.40. The topological polar surface area (TPSA) is 66.4 Å². The third-order valence-corrected chi connectivity index (χ3v) is 6.31. The first-order chi connectivity index (χ1) is 8.01. The second kappa shape index (κ2) is 4.68. The van der Waals surface area contributed by atoms with E-state index in [1.807, 2.05) is 0 Å². The Morgan fingerprint density at radius 2 is 2.24 bits per heavy atom. The highest BCUT2D eigenvalue weighted by Crippen LogP contribution is 2.48. The van der Waals surface area contributed by atoms with Crippen LogP contribution >= 0.6 is 11.3 Å². The van der Waals surface area contributed by atoms with Crippen LogP contribution in [0, 0.1) is 5.41 Å². The first-order valence-corrected chi connectivity index (χ1v) is 8.05. The molecule has 1 fully saturated rings. The Morgan fingerprint density at radius 3 is 2.71 bits per heavy atom. The fourth-order valence-corrected chi connectivity index (χ4v) is 4.13. The SMILES string of the molecule is CCC1(CNS(=O)(=O)c2cc(CO)cs2)CC1. The molecule has 17 heavy (non-hydrogen) atoms. The molecule has 2 rings (SSSR count). The van der Waals surface area contributed by atoms with E-state index < -0.39 is 10.0 Å². The fourth-order valence-electron chi connectivity index (χ4n) is 1.73. The molecule has 0 amide bonds. The highest BCUT2D eigenvalue weighted by Gasteiger charge is 2.41. The molecule has 1 aliphatic rings. The molecular weight excluding hydrogens is 258 g/mol. The molecule has 0 aromatic carbocycles. The second-order valence-corrected chi connectivity index (χ2v) is 7.52. The van der Waals surface area contributed by atoms with E-state index >= 15 is 0 Å². The van der Waals surface area contributed by atoms with Gasteiger partial charge < -0.3 is 5.11 Å². The normalized spacial score (nSPS) is 18.2. The zero-order valence-electron chi connectivity index (χ0n) is 9.77. The molecule has 0 bridgehead atoms. The Balaban J connectivity index is 2.03. The first-order valence-electron chi connectivity index (χ1n) is 5.69. The number of thiophene rings is 1. The summed E-state index contributed by atoms with van der Waals surface area (Å²) in [5.74, 6) is 0. The van der Waals surface area contributed by atoms with Gasteiger partial charge in [0, 0.05) is 6.54 Å². The predicted octanol–water partition coefficient (Wildman–Crippen LogP) is 1.71. The van der Waals surface area contributed by atoms with E-state index in [1.165, 1.54) is 6.07 Å². The van der Waals surface area contributed by atoms with E-state index in [2.05, 4.69) is 11.6 Å². The van der Waals surface area contributed by atoms with Gasteiger partial charge in [-0.05, 0) is 41.7 Å². The van der Waals surface area contributed by atoms with Crippen molar-refractivity contribution in [1.82, 2.24) is 4.72 Å². The molecule has 96 valence electrons. The van der Waals surface area contributed by atoms with Gasteiger partial charge in [-0.2, -0.15) is 0 Å². The lowest BCUT2D eigenvalue weighted by atomic mass is 10.1. The average Bonchev–Trinajstić information content (AvgIpc) is 2.94. The number of sulfonamides is 1. The first kappa shape index (κ1) is 13.0. The van der Waals surface area contributed by atoms with Crippen molar-refractivity contribution in [3.63, 3.8) is 0 Å². The van der Waals surface area contributed by atoms with Crippen molar-refractivity contribution in [3.05, 3.63) is 17.0 Å².